The Bertz CT molecular complexity index is 539. The summed E-state index contributed by atoms with van der Waals surface area (Å²) in [6, 6.07) is 6.19. The molecule has 1 aliphatic heterocycles. The molecule has 3 unspecified atom stereocenters. The second kappa shape index (κ2) is 12.2. The highest BCUT2D eigenvalue weighted by atomic mass is 16.6. The number of carboxylic acids is 1. The van der Waals surface area contributed by atoms with Crippen LogP contribution in [0.5, 0.6) is 5.75 Å². The zero-order chi connectivity index (χ0) is 20.3. The molecule has 8 nitrogen and oxygen atoms in total. The van der Waals surface area contributed by atoms with Gasteiger partial charge in [0, 0.05) is 20.3 Å². The van der Waals surface area contributed by atoms with Crippen molar-refractivity contribution in [1.82, 2.24) is 0 Å². The highest BCUT2D eigenvalue weighted by molar-refractivity contribution is 5.65. The molecule has 1 aliphatic rings. The number of carboxylic acid groups (broad SMARTS) is 1. The average Bonchev–Trinajstić information content (AvgIpc) is 2.58. The quantitative estimate of drug-likeness (QED) is 0.588. The third-order valence-electron chi connectivity index (χ3n) is 3.24. The van der Waals surface area contributed by atoms with Crippen LogP contribution in [0.25, 0.3) is 0 Å². The van der Waals surface area contributed by atoms with Gasteiger partial charge in [-0.3, -0.25) is 9.59 Å². The second-order valence-corrected chi connectivity index (χ2v) is 5.39. The van der Waals surface area contributed by atoms with E-state index < -0.39 is 36.4 Å². The predicted octanol–water partition coefficient (Wildman–Crippen LogP) is 1.62. The van der Waals surface area contributed by atoms with E-state index in [0.29, 0.717) is 5.56 Å². The highest BCUT2D eigenvalue weighted by Gasteiger charge is 2.37. The lowest BCUT2D eigenvalue weighted by atomic mass is 9.93. The number of benzene rings is 1. The van der Waals surface area contributed by atoms with Crippen LogP contribution < -0.4 is 0 Å². The van der Waals surface area contributed by atoms with E-state index in [2.05, 4.69) is 0 Å². The molecule has 0 spiro atoms. The Morgan fingerprint density at radius 3 is 2.12 bits per heavy atom. The lowest BCUT2D eigenvalue weighted by Crippen LogP contribution is -2.45. The molecule has 0 bridgehead atoms. The molecule has 0 aromatic heterocycles. The summed E-state index contributed by atoms with van der Waals surface area (Å²) >= 11 is 0. The van der Waals surface area contributed by atoms with Crippen LogP contribution in [0.2, 0.25) is 0 Å². The van der Waals surface area contributed by atoms with Crippen molar-refractivity contribution in [3.8, 4) is 5.75 Å². The minimum Gasteiger partial charge on any atom is -0.508 e. The maximum absolute atomic E-state index is 10.8. The Hall–Kier alpha value is -2.16. The molecule has 148 valence electrons. The van der Waals surface area contributed by atoms with E-state index in [4.69, 9.17) is 19.4 Å². The van der Waals surface area contributed by atoms with E-state index >= 15 is 0 Å². The van der Waals surface area contributed by atoms with Gasteiger partial charge in [-0.05, 0) is 17.7 Å². The zero-order valence-electron chi connectivity index (χ0n) is 15.5. The van der Waals surface area contributed by atoms with Gasteiger partial charge in [0.05, 0.1) is 12.2 Å². The highest BCUT2D eigenvalue weighted by Crippen LogP contribution is 2.32. The number of hydrogen-bond donors (Lipinski definition) is 4. The number of phenolic OH excluding ortho intramolecular Hbond substituents is 1. The molecule has 0 radical (unpaired) electrons. The fraction of sp³-hybridized carbons (Fsp3) is 0.556. The number of ether oxygens (including phenoxy) is 2. The first kappa shape index (κ1) is 23.8. The first-order valence-electron chi connectivity index (χ1n) is 8.34. The first-order valence-corrected chi connectivity index (χ1v) is 8.34. The van der Waals surface area contributed by atoms with Gasteiger partial charge in [0.15, 0.2) is 0 Å². The lowest BCUT2D eigenvalue weighted by Gasteiger charge is -2.37. The van der Waals surface area contributed by atoms with E-state index in [-0.39, 0.29) is 18.8 Å². The third-order valence-corrected chi connectivity index (χ3v) is 3.24. The van der Waals surface area contributed by atoms with Crippen molar-refractivity contribution >= 4 is 11.9 Å². The zero-order valence-corrected chi connectivity index (χ0v) is 15.5. The van der Waals surface area contributed by atoms with Gasteiger partial charge in [0.1, 0.15) is 24.6 Å². The van der Waals surface area contributed by atoms with E-state index in [9.17, 15) is 20.1 Å². The molecule has 1 fully saturated rings. The Labute approximate surface area is 153 Å². The monoisotopic (exact) mass is 372 g/mol. The number of carbonyl (C=O) groups excluding carboxylic acids is 1. The molecular formula is C18H28O8. The molecule has 4 atom stereocenters. The number of aliphatic hydroxyl groups excluding tert-OH is 2. The van der Waals surface area contributed by atoms with Gasteiger partial charge in [-0.15, -0.1) is 0 Å². The smallest absolute Gasteiger partial charge is 0.302 e. The van der Waals surface area contributed by atoms with Crippen LogP contribution in [0.3, 0.4) is 0 Å². The van der Waals surface area contributed by atoms with Crippen molar-refractivity contribution in [2.75, 3.05) is 6.61 Å². The number of hydrogen-bond acceptors (Lipinski definition) is 7. The number of esters is 1. The van der Waals surface area contributed by atoms with Crippen molar-refractivity contribution in [2.45, 2.75) is 58.5 Å². The van der Waals surface area contributed by atoms with Gasteiger partial charge in [0.25, 0.3) is 5.97 Å². The molecule has 0 aliphatic carbocycles. The summed E-state index contributed by atoms with van der Waals surface area (Å²) < 4.78 is 10.5. The normalized spacial score (nSPS) is 24.2. The molecule has 1 saturated heterocycles. The number of carbonyl (C=O) groups is 2. The maximum atomic E-state index is 10.8. The minimum absolute atomic E-state index is 0.0354. The number of rotatable bonds is 3. The van der Waals surface area contributed by atoms with Crippen LogP contribution in [0, 0.1) is 0 Å². The number of aliphatic hydroxyl groups is 2. The topological polar surface area (TPSA) is 134 Å². The van der Waals surface area contributed by atoms with Crippen molar-refractivity contribution < 1.29 is 39.5 Å². The van der Waals surface area contributed by atoms with E-state index in [1.165, 1.54) is 19.1 Å². The van der Waals surface area contributed by atoms with Gasteiger partial charge in [-0.1, -0.05) is 26.0 Å². The summed E-state index contributed by atoms with van der Waals surface area (Å²) in [4.78, 5) is 19.8. The molecular weight excluding hydrogens is 344 g/mol. The molecule has 0 saturated carbocycles. The van der Waals surface area contributed by atoms with Crippen LogP contribution in [0.4, 0.5) is 0 Å². The van der Waals surface area contributed by atoms with Gasteiger partial charge in [0.2, 0.25) is 0 Å². The lowest BCUT2D eigenvalue weighted by molar-refractivity contribution is -0.187. The Kier molecular flexibility index (Phi) is 11.2. The Morgan fingerprint density at radius 2 is 1.65 bits per heavy atom. The largest absolute Gasteiger partial charge is 0.508 e. The van der Waals surface area contributed by atoms with Crippen molar-refractivity contribution in [1.29, 1.82) is 0 Å². The van der Waals surface area contributed by atoms with E-state index in [1.54, 1.807) is 12.1 Å². The van der Waals surface area contributed by atoms with Crippen molar-refractivity contribution in [2.24, 2.45) is 0 Å². The van der Waals surface area contributed by atoms with Crippen LogP contribution >= 0.6 is 0 Å². The molecule has 2 rings (SSSR count). The maximum Gasteiger partial charge on any atom is 0.302 e. The summed E-state index contributed by atoms with van der Waals surface area (Å²) in [6.45, 7) is 6.42. The summed E-state index contributed by atoms with van der Waals surface area (Å²) in [5.41, 5.74) is 0.641. The number of aromatic hydroxyl groups is 1. The average molecular weight is 372 g/mol. The summed E-state index contributed by atoms with van der Waals surface area (Å²) in [7, 11) is 0. The SMILES string of the molecule is CC.CC(=O)O.CC(=O)OCC1CC(O)C(O)[C@@H](c2ccc(O)cc2)O1. The fourth-order valence-corrected chi connectivity index (χ4v) is 2.21. The van der Waals surface area contributed by atoms with Crippen LogP contribution in [-0.2, 0) is 19.1 Å². The standard InChI is InChI=1S/C14H18O6.C2H4O2.C2H6/c1-8(15)19-7-11-6-12(17)13(18)14(20-11)9-2-4-10(16)5-3-9;1-2(3)4;1-2/h2-5,11-14,16-18H,6-7H2,1H3;1H3,(H,3,4);1-2H3/t11?,12?,13?,14-;;/m1../s1. The first-order chi connectivity index (χ1) is 12.2. The summed E-state index contributed by atoms with van der Waals surface area (Å²) in [5.74, 6) is -1.15. The molecule has 26 heavy (non-hydrogen) atoms. The van der Waals surface area contributed by atoms with Gasteiger partial charge in [-0.25, -0.2) is 0 Å². The minimum atomic E-state index is -1.06. The number of phenols is 1. The Morgan fingerprint density at radius 1 is 1.15 bits per heavy atom. The third kappa shape index (κ3) is 8.80. The van der Waals surface area contributed by atoms with Gasteiger partial charge >= 0.3 is 5.97 Å². The van der Waals surface area contributed by atoms with Crippen molar-refractivity contribution in [3.05, 3.63) is 29.8 Å². The van der Waals surface area contributed by atoms with Crippen molar-refractivity contribution in [3.63, 3.8) is 0 Å². The fourth-order valence-electron chi connectivity index (χ4n) is 2.21. The van der Waals surface area contributed by atoms with Crippen LogP contribution in [0.15, 0.2) is 24.3 Å². The molecule has 8 heteroatoms. The van der Waals surface area contributed by atoms with Crippen LogP contribution in [0.1, 0.15) is 45.8 Å². The Balaban J connectivity index is 0.000000920. The molecule has 1 aromatic carbocycles. The predicted molar refractivity (Wildman–Crippen MR) is 93.6 cm³/mol. The van der Waals surface area contributed by atoms with E-state index in [0.717, 1.165) is 6.92 Å². The molecule has 0 amide bonds. The van der Waals surface area contributed by atoms with Gasteiger partial charge in [-0.2, -0.15) is 0 Å². The molecule has 4 N–H and O–H groups in total. The second-order valence-electron chi connectivity index (χ2n) is 5.39. The van der Waals surface area contributed by atoms with Gasteiger partial charge < -0.3 is 29.9 Å². The number of aliphatic carboxylic acids is 1. The molecule has 1 aromatic rings. The van der Waals surface area contributed by atoms with Crippen LogP contribution in [-0.4, -0.2) is 57.3 Å². The summed E-state index contributed by atoms with van der Waals surface area (Å²) in [6.07, 6.45) is -3.02. The van der Waals surface area contributed by atoms with E-state index in [1.807, 2.05) is 13.8 Å². The molecule has 1 heterocycles. The summed E-state index contributed by atoms with van der Waals surface area (Å²) in [5, 5.41) is 36.6.